The Morgan fingerprint density at radius 3 is 2.60 bits per heavy atom. The fraction of sp³-hybridized carbons (Fsp3) is 0.192. The number of aryl methyl sites for hydroxylation is 1. The second-order valence-electron chi connectivity index (χ2n) is 7.95. The van der Waals surface area contributed by atoms with Gasteiger partial charge in [-0.15, -0.1) is 0 Å². The van der Waals surface area contributed by atoms with E-state index in [0.29, 0.717) is 39.4 Å². The van der Waals surface area contributed by atoms with Crippen LogP contribution in [0.4, 0.5) is 17.6 Å². The standard InChI is InChI=1S/C26H21F4N3O2/c1-16-22(24(34)6-5-17-9-19(27)11-20(28)10-17)3-2-4-25(16)35-21-7-8-31-23(12-21)18-13-32-33(14-18)15-26(29)30/h2-4,7-14,26H,5-6,15H2,1H3. The zero-order valence-corrected chi connectivity index (χ0v) is 18.7. The molecule has 0 unspecified atom stereocenters. The van der Waals surface area contributed by atoms with Crippen molar-refractivity contribution in [2.24, 2.45) is 0 Å². The molecule has 0 saturated heterocycles. The number of rotatable bonds is 9. The van der Waals surface area contributed by atoms with Crippen molar-refractivity contribution in [3.63, 3.8) is 0 Å². The summed E-state index contributed by atoms with van der Waals surface area (Å²) in [5.74, 6) is -0.647. The van der Waals surface area contributed by atoms with Gasteiger partial charge >= 0.3 is 0 Å². The number of ketones is 1. The molecular weight excluding hydrogens is 462 g/mol. The number of halogens is 4. The van der Waals surface area contributed by atoms with Gasteiger partial charge in [0.25, 0.3) is 6.43 Å². The van der Waals surface area contributed by atoms with E-state index in [0.717, 1.165) is 10.7 Å². The Kier molecular flexibility index (Phi) is 7.24. The summed E-state index contributed by atoms with van der Waals surface area (Å²) in [7, 11) is 0. The van der Waals surface area contributed by atoms with Crippen molar-refractivity contribution in [3.05, 3.63) is 95.4 Å². The third-order valence-electron chi connectivity index (χ3n) is 5.36. The van der Waals surface area contributed by atoms with Gasteiger partial charge in [0.1, 0.15) is 29.7 Å². The van der Waals surface area contributed by atoms with E-state index < -0.39 is 24.6 Å². The molecule has 0 aliphatic rings. The Morgan fingerprint density at radius 2 is 1.86 bits per heavy atom. The predicted molar refractivity (Wildman–Crippen MR) is 122 cm³/mol. The van der Waals surface area contributed by atoms with Crippen LogP contribution in [0.1, 0.15) is 27.9 Å². The number of aromatic nitrogens is 3. The van der Waals surface area contributed by atoms with Gasteiger partial charge < -0.3 is 4.74 Å². The van der Waals surface area contributed by atoms with E-state index in [2.05, 4.69) is 10.1 Å². The molecule has 35 heavy (non-hydrogen) atoms. The lowest BCUT2D eigenvalue weighted by atomic mass is 9.98. The Balaban J connectivity index is 1.48. The number of carbonyl (C=O) groups excluding carboxylic acids is 1. The van der Waals surface area contributed by atoms with Crippen molar-refractivity contribution in [1.29, 1.82) is 0 Å². The SMILES string of the molecule is Cc1c(Oc2ccnc(-c3cnn(CC(F)F)c3)c2)cccc1C(=O)CCc1cc(F)cc(F)c1. The lowest BCUT2D eigenvalue weighted by Crippen LogP contribution is -2.06. The van der Waals surface area contributed by atoms with E-state index >= 15 is 0 Å². The highest BCUT2D eigenvalue weighted by atomic mass is 19.3. The maximum absolute atomic E-state index is 13.4. The summed E-state index contributed by atoms with van der Waals surface area (Å²) in [6.45, 7) is 1.24. The van der Waals surface area contributed by atoms with Crippen LogP contribution in [-0.4, -0.2) is 27.0 Å². The number of benzene rings is 2. The molecule has 0 N–H and O–H groups in total. The lowest BCUT2D eigenvalue weighted by molar-refractivity contribution is 0.0981. The first kappa shape index (κ1) is 24.1. The number of hydrogen-bond donors (Lipinski definition) is 0. The van der Waals surface area contributed by atoms with Crippen molar-refractivity contribution in [2.45, 2.75) is 32.7 Å². The van der Waals surface area contributed by atoms with Crippen LogP contribution in [0.3, 0.4) is 0 Å². The molecule has 4 rings (SSSR count). The van der Waals surface area contributed by atoms with Gasteiger partial charge in [-0.25, -0.2) is 17.6 Å². The van der Waals surface area contributed by atoms with Crippen molar-refractivity contribution >= 4 is 5.78 Å². The second-order valence-corrected chi connectivity index (χ2v) is 7.95. The van der Waals surface area contributed by atoms with Crippen LogP contribution < -0.4 is 4.74 Å². The fourth-order valence-corrected chi connectivity index (χ4v) is 3.67. The van der Waals surface area contributed by atoms with E-state index in [-0.39, 0.29) is 18.6 Å². The molecule has 0 saturated carbocycles. The highest BCUT2D eigenvalue weighted by Crippen LogP contribution is 2.30. The van der Waals surface area contributed by atoms with Crippen molar-refractivity contribution in [2.75, 3.05) is 0 Å². The molecule has 0 fully saturated rings. The Morgan fingerprint density at radius 1 is 1.09 bits per heavy atom. The molecule has 0 bridgehead atoms. The number of alkyl halides is 2. The van der Waals surface area contributed by atoms with Gasteiger partial charge in [-0.05, 0) is 43.2 Å². The summed E-state index contributed by atoms with van der Waals surface area (Å²) in [4.78, 5) is 17.1. The molecule has 0 aliphatic heterocycles. The van der Waals surface area contributed by atoms with Gasteiger partial charge in [-0.3, -0.25) is 14.5 Å². The van der Waals surface area contributed by atoms with E-state index in [1.807, 2.05) is 0 Å². The number of nitrogens with zero attached hydrogens (tertiary/aromatic N) is 3. The van der Waals surface area contributed by atoms with E-state index in [1.54, 1.807) is 37.3 Å². The van der Waals surface area contributed by atoms with Gasteiger partial charge in [0, 0.05) is 47.6 Å². The molecule has 0 spiro atoms. The molecule has 2 aromatic carbocycles. The predicted octanol–water partition coefficient (Wildman–Crippen LogP) is 6.40. The molecule has 4 aromatic rings. The lowest BCUT2D eigenvalue weighted by Gasteiger charge is -2.12. The Labute approximate surface area is 199 Å². The number of hydrogen-bond acceptors (Lipinski definition) is 4. The summed E-state index contributed by atoms with van der Waals surface area (Å²) >= 11 is 0. The minimum absolute atomic E-state index is 0.0786. The van der Waals surface area contributed by atoms with Gasteiger partial charge in [-0.1, -0.05) is 12.1 Å². The Bertz CT molecular complexity index is 1330. The second kappa shape index (κ2) is 10.5. The average molecular weight is 483 g/mol. The number of ether oxygens (including phenoxy) is 1. The van der Waals surface area contributed by atoms with E-state index in [1.165, 1.54) is 30.7 Å². The third kappa shape index (κ3) is 6.11. The van der Waals surface area contributed by atoms with Gasteiger partial charge in [0.2, 0.25) is 0 Å². The Hall–Kier alpha value is -4.01. The molecule has 180 valence electrons. The molecule has 0 amide bonds. The normalized spacial score (nSPS) is 11.1. The molecule has 0 aliphatic carbocycles. The summed E-state index contributed by atoms with van der Waals surface area (Å²) < 4.78 is 59.1. The summed E-state index contributed by atoms with van der Waals surface area (Å²) in [5, 5.41) is 3.92. The highest BCUT2D eigenvalue weighted by molar-refractivity contribution is 5.98. The highest BCUT2D eigenvalue weighted by Gasteiger charge is 2.15. The number of carbonyl (C=O) groups is 1. The summed E-state index contributed by atoms with van der Waals surface area (Å²) in [6.07, 6.45) is 2.22. The van der Waals surface area contributed by atoms with E-state index in [9.17, 15) is 22.4 Å². The first-order chi connectivity index (χ1) is 16.8. The summed E-state index contributed by atoms with van der Waals surface area (Å²) in [5.41, 5.74) is 2.52. The first-order valence-electron chi connectivity index (χ1n) is 10.8. The molecule has 2 heterocycles. The minimum Gasteiger partial charge on any atom is -0.457 e. The van der Waals surface area contributed by atoms with Crippen LogP contribution in [0.5, 0.6) is 11.5 Å². The number of pyridine rings is 1. The third-order valence-corrected chi connectivity index (χ3v) is 5.36. The zero-order valence-electron chi connectivity index (χ0n) is 18.7. The molecule has 2 aromatic heterocycles. The molecule has 0 radical (unpaired) electrons. The summed E-state index contributed by atoms with van der Waals surface area (Å²) in [6, 6.07) is 11.6. The monoisotopic (exact) mass is 483 g/mol. The van der Waals surface area contributed by atoms with Crippen LogP contribution in [0.2, 0.25) is 0 Å². The van der Waals surface area contributed by atoms with Gasteiger partial charge in [0.15, 0.2) is 5.78 Å². The zero-order chi connectivity index (χ0) is 24.9. The molecule has 0 atom stereocenters. The smallest absolute Gasteiger partial charge is 0.257 e. The van der Waals surface area contributed by atoms with Crippen LogP contribution in [0.15, 0.2) is 67.1 Å². The van der Waals surface area contributed by atoms with Crippen molar-refractivity contribution in [1.82, 2.24) is 14.8 Å². The fourth-order valence-electron chi connectivity index (χ4n) is 3.67. The van der Waals surface area contributed by atoms with Crippen LogP contribution in [-0.2, 0) is 13.0 Å². The maximum atomic E-state index is 13.4. The quantitative estimate of drug-likeness (QED) is 0.204. The molecular formula is C26H21F4N3O2. The topological polar surface area (TPSA) is 57.0 Å². The minimum atomic E-state index is -2.52. The van der Waals surface area contributed by atoms with Gasteiger partial charge in [0.05, 0.1) is 11.9 Å². The van der Waals surface area contributed by atoms with Crippen LogP contribution in [0, 0.1) is 18.6 Å². The van der Waals surface area contributed by atoms with Crippen LogP contribution >= 0.6 is 0 Å². The maximum Gasteiger partial charge on any atom is 0.257 e. The van der Waals surface area contributed by atoms with Crippen molar-refractivity contribution < 1.29 is 27.1 Å². The van der Waals surface area contributed by atoms with Crippen LogP contribution in [0.25, 0.3) is 11.3 Å². The number of Topliss-reactive ketones (excluding diaryl/α,β-unsaturated/α-hetero) is 1. The van der Waals surface area contributed by atoms with Crippen molar-refractivity contribution in [3.8, 4) is 22.8 Å². The largest absolute Gasteiger partial charge is 0.457 e. The molecule has 5 nitrogen and oxygen atoms in total. The molecule has 9 heteroatoms. The first-order valence-corrected chi connectivity index (χ1v) is 10.8. The average Bonchev–Trinajstić information content (AvgIpc) is 3.26. The van der Waals surface area contributed by atoms with Gasteiger partial charge in [-0.2, -0.15) is 5.10 Å². The van der Waals surface area contributed by atoms with E-state index in [4.69, 9.17) is 4.74 Å².